The van der Waals surface area contributed by atoms with Crippen LogP contribution in [0.25, 0.3) is 0 Å². The van der Waals surface area contributed by atoms with Crippen LogP contribution in [-0.2, 0) is 27.2 Å². The number of anilines is 2. The Balaban J connectivity index is 1.62. The summed E-state index contributed by atoms with van der Waals surface area (Å²) in [5.74, 6) is -0.942. The van der Waals surface area contributed by atoms with Crippen molar-refractivity contribution < 1.29 is 19.1 Å². The number of thiophene rings is 1. The van der Waals surface area contributed by atoms with Crippen LogP contribution in [0.5, 0.6) is 0 Å². The van der Waals surface area contributed by atoms with Crippen molar-refractivity contribution in [1.82, 2.24) is 4.90 Å². The lowest BCUT2D eigenvalue weighted by molar-refractivity contribution is -0.119. The molecule has 0 radical (unpaired) electrons. The van der Waals surface area contributed by atoms with Crippen molar-refractivity contribution in [2.24, 2.45) is 0 Å². The summed E-state index contributed by atoms with van der Waals surface area (Å²) >= 11 is 7.44. The molecule has 0 bridgehead atoms. The average Bonchev–Trinajstić information content (AvgIpc) is 3.30. The van der Waals surface area contributed by atoms with Crippen molar-refractivity contribution in [3.8, 4) is 0 Å². The number of carbonyl (C=O) groups excluding carboxylic acids is 3. The van der Waals surface area contributed by atoms with E-state index in [1.54, 1.807) is 17.0 Å². The summed E-state index contributed by atoms with van der Waals surface area (Å²) < 4.78 is 4.92. The van der Waals surface area contributed by atoms with Crippen molar-refractivity contribution in [3.63, 3.8) is 0 Å². The number of esters is 1. The zero-order chi connectivity index (χ0) is 22.5. The molecule has 0 spiro atoms. The zero-order valence-corrected chi connectivity index (χ0v) is 19.4. The number of nitrogens with zero attached hydrogens (tertiary/aromatic N) is 1. The van der Waals surface area contributed by atoms with E-state index in [1.165, 1.54) is 18.4 Å². The van der Waals surface area contributed by atoms with Crippen LogP contribution in [0.3, 0.4) is 0 Å². The highest BCUT2D eigenvalue weighted by Crippen LogP contribution is 2.39. The minimum atomic E-state index is -0.432. The number of amides is 2. The second-order valence-electron chi connectivity index (χ2n) is 7.41. The molecule has 1 aromatic heterocycles. The molecule has 2 amide bonds. The van der Waals surface area contributed by atoms with Gasteiger partial charge in [0.1, 0.15) is 5.00 Å². The molecule has 2 N–H and O–H groups in total. The van der Waals surface area contributed by atoms with Gasteiger partial charge < -0.3 is 15.4 Å². The van der Waals surface area contributed by atoms with Crippen LogP contribution >= 0.6 is 22.9 Å². The Morgan fingerprint density at radius 2 is 1.87 bits per heavy atom. The largest absolute Gasteiger partial charge is 0.465 e. The van der Waals surface area contributed by atoms with Gasteiger partial charge in [-0.25, -0.2) is 4.79 Å². The van der Waals surface area contributed by atoms with Crippen LogP contribution in [0.2, 0.25) is 5.02 Å². The number of nitrogens with one attached hydrogen (secondary N) is 2. The maximum atomic E-state index is 12.7. The normalized spacial score (nSPS) is 12.5. The molecule has 2 aromatic rings. The van der Waals surface area contributed by atoms with Gasteiger partial charge in [0.05, 0.1) is 25.8 Å². The molecular weight excluding hydrogens is 438 g/mol. The number of likely N-dealkylation sites (N-methyl/N-ethyl adjacent to an activating group) is 1. The molecule has 0 aliphatic heterocycles. The SMILES string of the molecule is CCN(CC(=O)Nc1cc(Cl)ccc1C)CC(=O)Nc1sc2c(c1C(=O)OC)CCC2. The molecule has 0 atom stereocenters. The highest BCUT2D eigenvalue weighted by molar-refractivity contribution is 7.17. The number of aryl methyl sites for hydroxylation is 2. The lowest BCUT2D eigenvalue weighted by atomic mass is 10.1. The number of hydrogen-bond acceptors (Lipinski definition) is 6. The molecule has 0 saturated heterocycles. The fraction of sp³-hybridized carbons (Fsp3) is 0.409. The molecule has 1 aromatic carbocycles. The Kier molecular flexibility index (Phi) is 7.69. The van der Waals surface area contributed by atoms with Crippen molar-refractivity contribution in [1.29, 1.82) is 0 Å². The van der Waals surface area contributed by atoms with Crippen LogP contribution in [0, 0.1) is 6.92 Å². The van der Waals surface area contributed by atoms with E-state index in [-0.39, 0.29) is 24.9 Å². The van der Waals surface area contributed by atoms with Gasteiger partial charge in [0.15, 0.2) is 0 Å². The number of methoxy groups -OCH3 is 1. The second kappa shape index (κ2) is 10.3. The number of carbonyl (C=O) groups is 3. The van der Waals surface area contributed by atoms with E-state index in [2.05, 4.69) is 10.6 Å². The van der Waals surface area contributed by atoms with Gasteiger partial charge in [-0.2, -0.15) is 0 Å². The van der Waals surface area contributed by atoms with Crippen LogP contribution in [0.4, 0.5) is 10.7 Å². The summed E-state index contributed by atoms with van der Waals surface area (Å²) in [5.41, 5.74) is 3.00. The summed E-state index contributed by atoms with van der Waals surface area (Å²) in [4.78, 5) is 40.2. The summed E-state index contributed by atoms with van der Waals surface area (Å²) in [5, 5.41) is 6.75. The average molecular weight is 464 g/mol. The van der Waals surface area contributed by atoms with Gasteiger partial charge in [0.2, 0.25) is 11.8 Å². The van der Waals surface area contributed by atoms with Gasteiger partial charge in [-0.1, -0.05) is 24.6 Å². The summed E-state index contributed by atoms with van der Waals surface area (Å²) in [6.07, 6.45) is 2.73. The molecule has 1 aliphatic rings. The molecule has 0 unspecified atom stereocenters. The first-order valence-electron chi connectivity index (χ1n) is 10.1. The van der Waals surface area contributed by atoms with Gasteiger partial charge in [-0.15, -0.1) is 11.3 Å². The Morgan fingerprint density at radius 3 is 2.55 bits per heavy atom. The standard InChI is InChI=1S/C22H26ClN3O4S/c1-4-26(11-18(27)24-16-10-14(23)9-8-13(16)2)12-19(28)25-21-20(22(29)30-3)15-6-5-7-17(15)31-21/h8-10H,4-7,11-12H2,1-3H3,(H,24,27)(H,25,28). The molecule has 0 saturated carbocycles. The number of halogens is 1. The van der Waals surface area contributed by atoms with Gasteiger partial charge in [-0.3, -0.25) is 14.5 Å². The van der Waals surface area contributed by atoms with E-state index >= 15 is 0 Å². The minimum Gasteiger partial charge on any atom is -0.465 e. The van der Waals surface area contributed by atoms with E-state index in [1.807, 2.05) is 19.9 Å². The van der Waals surface area contributed by atoms with Crippen LogP contribution < -0.4 is 10.6 Å². The maximum absolute atomic E-state index is 12.7. The number of benzene rings is 1. The molecule has 166 valence electrons. The zero-order valence-electron chi connectivity index (χ0n) is 17.8. The predicted molar refractivity (Wildman–Crippen MR) is 123 cm³/mol. The second-order valence-corrected chi connectivity index (χ2v) is 8.95. The van der Waals surface area contributed by atoms with Crippen molar-refractivity contribution >= 4 is 51.4 Å². The molecular formula is C22H26ClN3O4S. The quantitative estimate of drug-likeness (QED) is 0.580. The molecule has 31 heavy (non-hydrogen) atoms. The number of hydrogen-bond donors (Lipinski definition) is 2. The van der Waals surface area contributed by atoms with Gasteiger partial charge in [-0.05, 0) is 56.0 Å². The third-order valence-electron chi connectivity index (χ3n) is 5.22. The highest BCUT2D eigenvalue weighted by Gasteiger charge is 2.28. The highest BCUT2D eigenvalue weighted by atomic mass is 35.5. The third kappa shape index (κ3) is 5.64. The number of ether oxygens (including phenoxy) is 1. The van der Waals surface area contributed by atoms with Crippen molar-refractivity contribution in [2.75, 3.05) is 37.4 Å². The predicted octanol–water partition coefficient (Wildman–Crippen LogP) is 3.88. The molecule has 7 nitrogen and oxygen atoms in total. The Labute approximate surface area is 190 Å². The number of rotatable bonds is 8. The minimum absolute atomic E-state index is 0.0294. The van der Waals surface area contributed by atoms with E-state index in [0.717, 1.165) is 35.3 Å². The van der Waals surface area contributed by atoms with E-state index in [9.17, 15) is 14.4 Å². The molecule has 1 aliphatic carbocycles. The summed E-state index contributed by atoms with van der Waals surface area (Å²) in [6.45, 7) is 4.36. The van der Waals surface area contributed by atoms with Gasteiger partial charge >= 0.3 is 5.97 Å². The maximum Gasteiger partial charge on any atom is 0.341 e. The Hall–Kier alpha value is -2.42. The summed E-state index contributed by atoms with van der Waals surface area (Å²) in [6, 6.07) is 5.29. The number of fused-ring (bicyclic) bond motifs is 1. The third-order valence-corrected chi connectivity index (χ3v) is 6.66. The monoisotopic (exact) mass is 463 g/mol. The molecule has 1 heterocycles. The van der Waals surface area contributed by atoms with Crippen LogP contribution in [0.15, 0.2) is 18.2 Å². The lowest BCUT2D eigenvalue weighted by Crippen LogP contribution is -2.38. The molecule has 3 rings (SSSR count). The Bertz CT molecular complexity index is 1000. The first-order chi connectivity index (χ1) is 14.8. The fourth-order valence-electron chi connectivity index (χ4n) is 3.58. The summed E-state index contributed by atoms with van der Waals surface area (Å²) in [7, 11) is 1.34. The van der Waals surface area contributed by atoms with E-state index < -0.39 is 5.97 Å². The first kappa shape index (κ1) is 23.2. The fourth-order valence-corrected chi connectivity index (χ4v) is 5.05. The van der Waals surface area contributed by atoms with E-state index in [4.69, 9.17) is 16.3 Å². The van der Waals surface area contributed by atoms with Crippen LogP contribution in [0.1, 0.15) is 39.7 Å². The van der Waals surface area contributed by atoms with Gasteiger partial charge in [0.25, 0.3) is 0 Å². The lowest BCUT2D eigenvalue weighted by Gasteiger charge is -2.19. The van der Waals surface area contributed by atoms with Gasteiger partial charge in [0, 0.05) is 15.6 Å². The van der Waals surface area contributed by atoms with Crippen molar-refractivity contribution in [2.45, 2.75) is 33.1 Å². The van der Waals surface area contributed by atoms with Crippen LogP contribution in [-0.4, -0.2) is 49.4 Å². The first-order valence-corrected chi connectivity index (χ1v) is 11.3. The topological polar surface area (TPSA) is 87.7 Å². The Morgan fingerprint density at radius 1 is 1.16 bits per heavy atom. The smallest absolute Gasteiger partial charge is 0.341 e. The van der Waals surface area contributed by atoms with E-state index in [0.29, 0.717) is 27.8 Å². The molecule has 0 fully saturated rings. The molecule has 9 heteroatoms. The van der Waals surface area contributed by atoms with Crippen molar-refractivity contribution in [3.05, 3.63) is 44.8 Å².